The summed E-state index contributed by atoms with van der Waals surface area (Å²) in [4.78, 5) is 15.7. The van der Waals surface area contributed by atoms with E-state index in [1.807, 2.05) is 0 Å². The molecule has 0 saturated carbocycles. The number of carbonyl (C=O) groups excluding carboxylic acids is 1. The van der Waals surface area contributed by atoms with Gasteiger partial charge in [0.1, 0.15) is 0 Å². The summed E-state index contributed by atoms with van der Waals surface area (Å²) in [5, 5.41) is 3.63. The number of fused-ring (bicyclic) bond motifs is 4. The molecule has 2 bridgehead atoms. The minimum absolute atomic E-state index is 0.0634. The highest BCUT2D eigenvalue weighted by molar-refractivity contribution is 7.20. The van der Waals surface area contributed by atoms with Gasteiger partial charge in [-0.05, 0) is 75.3 Å². The summed E-state index contributed by atoms with van der Waals surface area (Å²) in [5.74, 6) is 0.275. The fraction of sp³-hybridized carbons (Fsp3) is 0.526. The average Bonchev–Trinajstić information content (AvgIpc) is 3.01. The first-order chi connectivity index (χ1) is 12.2. The van der Waals surface area contributed by atoms with Gasteiger partial charge in [-0.2, -0.15) is 13.2 Å². The van der Waals surface area contributed by atoms with Gasteiger partial charge in [-0.15, -0.1) is 11.3 Å². The number of thiophene rings is 1. The van der Waals surface area contributed by atoms with Gasteiger partial charge in [-0.1, -0.05) is 0 Å². The Morgan fingerprint density at radius 2 is 1.92 bits per heavy atom. The van der Waals surface area contributed by atoms with Crippen LogP contribution in [0, 0.1) is 5.92 Å². The number of carbonyl (C=O) groups is 1. The number of hydrogen-bond donors (Lipinski definition) is 1. The molecule has 3 fully saturated rings. The Hall–Kier alpha value is -1.60. The molecule has 140 valence electrons. The Morgan fingerprint density at radius 1 is 1.23 bits per heavy atom. The van der Waals surface area contributed by atoms with Gasteiger partial charge >= 0.3 is 6.18 Å². The van der Waals surface area contributed by atoms with E-state index in [9.17, 15) is 18.0 Å². The molecule has 5 rings (SSSR count). The van der Waals surface area contributed by atoms with Crippen LogP contribution in [-0.2, 0) is 6.18 Å². The van der Waals surface area contributed by atoms with Crippen molar-refractivity contribution in [2.45, 2.75) is 44.4 Å². The first kappa shape index (κ1) is 17.8. The summed E-state index contributed by atoms with van der Waals surface area (Å²) in [6.45, 7) is 6.44. The average molecular weight is 382 g/mol. The smallest absolute Gasteiger partial charge is 0.346 e. The van der Waals surface area contributed by atoms with Gasteiger partial charge in [-0.25, -0.2) is 0 Å². The lowest BCUT2D eigenvalue weighted by Crippen LogP contribution is -2.69. The van der Waals surface area contributed by atoms with Crippen LogP contribution in [0.2, 0.25) is 0 Å². The zero-order valence-corrected chi connectivity index (χ0v) is 15.5. The van der Waals surface area contributed by atoms with E-state index in [1.54, 1.807) is 6.07 Å². The van der Waals surface area contributed by atoms with Gasteiger partial charge in [-0.3, -0.25) is 9.69 Å². The zero-order valence-electron chi connectivity index (χ0n) is 14.7. The van der Waals surface area contributed by atoms with E-state index in [2.05, 4.69) is 24.1 Å². The first-order valence-electron chi connectivity index (χ1n) is 8.83. The van der Waals surface area contributed by atoms with Crippen molar-refractivity contribution < 1.29 is 18.0 Å². The number of nitrogens with one attached hydrogen (secondary N) is 1. The fourth-order valence-corrected chi connectivity index (χ4v) is 5.37. The van der Waals surface area contributed by atoms with Crippen molar-refractivity contribution in [1.29, 1.82) is 0 Å². The van der Waals surface area contributed by atoms with Crippen molar-refractivity contribution in [3.05, 3.63) is 34.7 Å². The minimum atomic E-state index is -4.38. The topological polar surface area (TPSA) is 32.3 Å². The van der Waals surface area contributed by atoms with Crippen LogP contribution in [0.5, 0.6) is 0 Å². The summed E-state index contributed by atoms with van der Waals surface area (Å²) in [6, 6.07) is 5.25. The summed E-state index contributed by atoms with van der Waals surface area (Å²) in [7, 11) is 0. The van der Waals surface area contributed by atoms with Crippen LogP contribution in [0.4, 0.5) is 13.2 Å². The molecule has 26 heavy (non-hydrogen) atoms. The molecule has 1 atom stereocenters. The standard InChI is InChI=1S/C19H21F3N2OS/c1-18(2)16(11-5-7-24(18)8-6-11)23-17(25)15-10-12-9-13(19(20,21)22)3-4-14(12)26-15/h3-4,9-11,16H,5-8H2,1-2H3,(H,23,25)/t16-/m0/s1. The molecular formula is C19H21F3N2OS. The molecule has 7 heteroatoms. The Labute approximate surface area is 154 Å². The summed E-state index contributed by atoms with van der Waals surface area (Å²) < 4.78 is 39.3. The van der Waals surface area contributed by atoms with Crippen LogP contribution in [0.3, 0.4) is 0 Å². The number of halogens is 3. The second-order valence-electron chi connectivity index (χ2n) is 7.79. The molecule has 3 aliphatic heterocycles. The van der Waals surface area contributed by atoms with Gasteiger partial charge < -0.3 is 5.32 Å². The zero-order chi connectivity index (χ0) is 18.7. The molecule has 1 aromatic carbocycles. The van der Waals surface area contributed by atoms with Crippen LogP contribution < -0.4 is 5.32 Å². The van der Waals surface area contributed by atoms with E-state index in [0.29, 0.717) is 20.9 Å². The summed E-state index contributed by atoms with van der Waals surface area (Å²) in [5.41, 5.74) is -0.787. The van der Waals surface area contributed by atoms with Gasteiger partial charge in [0, 0.05) is 16.3 Å². The number of piperidine rings is 3. The predicted octanol–water partition coefficient (Wildman–Crippen LogP) is 4.52. The lowest BCUT2D eigenvalue weighted by atomic mass is 9.72. The SMILES string of the molecule is CC1(C)[C@@H](NC(=O)c2cc3cc(C(F)(F)F)ccc3s2)C2CCN1CC2. The van der Waals surface area contributed by atoms with E-state index in [-0.39, 0.29) is 17.5 Å². The quantitative estimate of drug-likeness (QED) is 0.828. The third-order valence-corrected chi connectivity index (χ3v) is 7.06. The molecule has 0 spiro atoms. The van der Waals surface area contributed by atoms with Crippen LogP contribution in [-0.4, -0.2) is 35.5 Å². The molecule has 0 unspecified atom stereocenters. The monoisotopic (exact) mass is 382 g/mol. The number of alkyl halides is 3. The van der Waals surface area contributed by atoms with Gasteiger partial charge in [0.2, 0.25) is 0 Å². The number of nitrogens with zero attached hydrogens (tertiary/aromatic N) is 1. The molecule has 4 heterocycles. The van der Waals surface area contributed by atoms with E-state index in [4.69, 9.17) is 0 Å². The Morgan fingerprint density at radius 3 is 2.54 bits per heavy atom. The number of hydrogen-bond acceptors (Lipinski definition) is 3. The van der Waals surface area contributed by atoms with Crippen molar-refractivity contribution in [2.75, 3.05) is 13.1 Å². The van der Waals surface area contributed by atoms with Gasteiger partial charge in [0.25, 0.3) is 5.91 Å². The summed E-state index contributed by atoms with van der Waals surface area (Å²) >= 11 is 1.24. The molecule has 0 aliphatic carbocycles. The lowest BCUT2D eigenvalue weighted by Gasteiger charge is -2.56. The number of rotatable bonds is 2. The second-order valence-corrected chi connectivity index (χ2v) is 8.87. The molecular weight excluding hydrogens is 361 g/mol. The van der Waals surface area contributed by atoms with Gasteiger partial charge in [0.15, 0.2) is 0 Å². The minimum Gasteiger partial charge on any atom is -0.346 e. The van der Waals surface area contributed by atoms with Crippen LogP contribution in [0.25, 0.3) is 10.1 Å². The molecule has 1 amide bonds. The molecule has 3 aliphatic rings. The third kappa shape index (κ3) is 2.91. The van der Waals surface area contributed by atoms with E-state index < -0.39 is 11.7 Å². The Bertz CT molecular complexity index is 850. The molecule has 1 aromatic heterocycles. The normalized spacial score (nSPS) is 27.7. The molecule has 1 N–H and O–H groups in total. The second kappa shape index (κ2) is 5.96. The maximum Gasteiger partial charge on any atom is 0.416 e. The highest BCUT2D eigenvalue weighted by Gasteiger charge is 2.48. The van der Waals surface area contributed by atoms with Crippen molar-refractivity contribution in [3.8, 4) is 0 Å². The highest BCUT2D eigenvalue weighted by Crippen LogP contribution is 2.39. The van der Waals surface area contributed by atoms with Crippen LogP contribution in [0.1, 0.15) is 41.9 Å². The molecule has 3 saturated heterocycles. The molecule has 0 radical (unpaired) electrons. The third-order valence-electron chi connectivity index (χ3n) is 5.94. The Balaban J connectivity index is 1.58. The van der Waals surface area contributed by atoms with Crippen LogP contribution >= 0.6 is 11.3 Å². The van der Waals surface area contributed by atoms with Crippen molar-refractivity contribution in [1.82, 2.24) is 10.2 Å². The molecule has 3 nitrogen and oxygen atoms in total. The maximum atomic E-state index is 12.9. The molecule has 2 aromatic rings. The van der Waals surface area contributed by atoms with E-state index in [0.717, 1.165) is 38.1 Å². The predicted molar refractivity (Wildman–Crippen MR) is 96.5 cm³/mol. The van der Waals surface area contributed by atoms with Crippen molar-refractivity contribution >= 4 is 27.3 Å². The number of amides is 1. The Kier molecular flexibility index (Phi) is 4.08. The fourth-order valence-electron chi connectivity index (χ4n) is 4.42. The van der Waals surface area contributed by atoms with Gasteiger partial charge in [0.05, 0.1) is 10.4 Å². The first-order valence-corrected chi connectivity index (χ1v) is 9.64. The van der Waals surface area contributed by atoms with Crippen molar-refractivity contribution in [2.24, 2.45) is 5.92 Å². The van der Waals surface area contributed by atoms with Crippen molar-refractivity contribution in [3.63, 3.8) is 0 Å². The number of benzene rings is 1. The summed E-state index contributed by atoms with van der Waals surface area (Å²) in [6.07, 6.45) is -2.22. The highest BCUT2D eigenvalue weighted by atomic mass is 32.1. The largest absolute Gasteiger partial charge is 0.416 e. The van der Waals surface area contributed by atoms with Crippen LogP contribution in [0.15, 0.2) is 24.3 Å². The lowest BCUT2D eigenvalue weighted by molar-refractivity contribution is -0.137. The van der Waals surface area contributed by atoms with E-state index >= 15 is 0 Å². The maximum absolute atomic E-state index is 12.9. The van der Waals surface area contributed by atoms with E-state index in [1.165, 1.54) is 17.4 Å².